The highest BCUT2D eigenvalue weighted by molar-refractivity contribution is 9.10. The summed E-state index contributed by atoms with van der Waals surface area (Å²) in [5.41, 5.74) is 6.73. The molecule has 1 aliphatic rings. The second-order valence-electron chi connectivity index (χ2n) is 5.09. The minimum absolute atomic E-state index is 0.177. The summed E-state index contributed by atoms with van der Waals surface area (Å²) in [5.74, 6) is 6.22. The van der Waals surface area contributed by atoms with Gasteiger partial charge in [-0.3, -0.25) is 11.3 Å². The molecule has 0 amide bonds. The Balaban J connectivity index is 2.26. The second kappa shape index (κ2) is 6.15. The Kier molecular flexibility index (Phi) is 4.78. The van der Waals surface area contributed by atoms with Crippen molar-refractivity contribution in [3.05, 3.63) is 33.3 Å². The third-order valence-corrected chi connectivity index (χ3v) is 4.92. The van der Waals surface area contributed by atoms with Gasteiger partial charge in [0.05, 0.1) is 12.6 Å². The molecule has 1 saturated heterocycles. The van der Waals surface area contributed by atoms with Gasteiger partial charge in [-0.1, -0.05) is 28.1 Å². The lowest BCUT2D eigenvalue weighted by Gasteiger charge is -2.30. The Hall–Kier alpha value is -0.420. The van der Waals surface area contributed by atoms with Crippen molar-refractivity contribution in [3.63, 3.8) is 0 Å². The number of hydrazine groups is 1. The van der Waals surface area contributed by atoms with E-state index >= 15 is 0 Å². The number of aryl methyl sites for hydroxylation is 2. The van der Waals surface area contributed by atoms with E-state index in [-0.39, 0.29) is 6.04 Å². The Bertz CT molecular complexity index is 393. The van der Waals surface area contributed by atoms with Crippen LogP contribution < -0.4 is 11.3 Å². The number of hydrogen-bond donors (Lipinski definition) is 2. The predicted octanol–water partition coefficient (Wildman–Crippen LogP) is 3.00. The van der Waals surface area contributed by atoms with Gasteiger partial charge in [0.25, 0.3) is 0 Å². The van der Waals surface area contributed by atoms with Crippen molar-refractivity contribution in [1.29, 1.82) is 0 Å². The summed E-state index contributed by atoms with van der Waals surface area (Å²) < 4.78 is 6.75. The summed E-state index contributed by atoms with van der Waals surface area (Å²) >= 11 is 3.60. The van der Waals surface area contributed by atoms with Crippen LogP contribution in [-0.4, -0.2) is 13.2 Å². The van der Waals surface area contributed by atoms with Crippen LogP contribution in [-0.2, 0) is 4.74 Å². The van der Waals surface area contributed by atoms with E-state index in [1.165, 1.54) is 27.6 Å². The smallest absolute Gasteiger partial charge is 0.0513 e. The van der Waals surface area contributed by atoms with Crippen molar-refractivity contribution in [3.8, 4) is 0 Å². The first-order valence-corrected chi connectivity index (χ1v) is 7.23. The first kappa shape index (κ1) is 14.0. The summed E-state index contributed by atoms with van der Waals surface area (Å²) in [6.45, 7) is 5.91. The van der Waals surface area contributed by atoms with Gasteiger partial charge in [0.2, 0.25) is 0 Å². The van der Waals surface area contributed by atoms with Crippen molar-refractivity contribution in [2.45, 2.75) is 32.7 Å². The highest BCUT2D eigenvalue weighted by Crippen LogP contribution is 2.31. The van der Waals surface area contributed by atoms with E-state index in [0.717, 1.165) is 19.6 Å². The van der Waals surface area contributed by atoms with Crippen LogP contribution in [0.5, 0.6) is 0 Å². The first-order chi connectivity index (χ1) is 8.63. The maximum Gasteiger partial charge on any atom is 0.0513 e. The van der Waals surface area contributed by atoms with E-state index in [1.807, 2.05) is 0 Å². The van der Waals surface area contributed by atoms with Crippen LogP contribution in [0, 0.1) is 19.8 Å². The molecular weight excluding hydrogens is 292 g/mol. The molecule has 0 radical (unpaired) electrons. The van der Waals surface area contributed by atoms with Crippen LogP contribution in [0.25, 0.3) is 0 Å². The zero-order valence-electron chi connectivity index (χ0n) is 11.0. The number of halogens is 1. The minimum Gasteiger partial charge on any atom is -0.381 e. The maximum atomic E-state index is 5.76. The number of nitrogens with one attached hydrogen (secondary N) is 1. The minimum atomic E-state index is 0.177. The monoisotopic (exact) mass is 312 g/mol. The van der Waals surface area contributed by atoms with E-state index in [9.17, 15) is 0 Å². The number of benzene rings is 1. The van der Waals surface area contributed by atoms with E-state index in [1.54, 1.807) is 0 Å². The molecule has 1 fully saturated rings. The molecular formula is C14H21BrN2O. The van der Waals surface area contributed by atoms with Crippen molar-refractivity contribution < 1.29 is 4.74 Å². The summed E-state index contributed by atoms with van der Waals surface area (Å²) in [6.07, 6.45) is 2.29. The zero-order valence-corrected chi connectivity index (χ0v) is 12.6. The van der Waals surface area contributed by atoms with Crippen LogP contribution in [0.4, 0.5) is 0 Å². The maximum absolute atomic E-state index is 5.76. The zero-order chi connectivity index (χ0) is 13.1. The lowest BCUT2D eigenvalue weighted by atomic mass is 9.88. The van der Waals surface area contributed by atoms with Gasteiger partial charge in [-0.2, -0.15) is 0 Å². The van der Waals surface area contributed by atoms with E-state index < -0.39 is 0 Å². The van der Waals surface area contributed by atoms with Crippen LogP contribution in [0.3, 0.4) is 0 Å². The molecule has 0 bridgehead atoms. The normalized spacial score (nSPS) is 21.9. The summed E-state index contributed by atoms with van der Waals surface area (Å²) in [4.78, 5) is 0. The molecule has 3 nitrogen and oxygen atoms in total. The van der Waals surface area contributed by atoms with Crippen LogP contribution in [0.2, 0.25) is 0 Å². The highest BCUT2D eigenvalue weighted by Gasteiger charge is 2.25. The molecule has 0 aliphatic carbocycles. The number of rotatable bonds is 3. The van der Waals surface area contributed by atoms with Gasteiger partial charge in [-0.25, -0.2) is 0 Å². The van der Waals surface area contributed by atoms with E-state index in [0.29, 0.717) is 5.92 Å². The molecule has 1 aromatic carbocycles. The summed E-state index contributed by atoms with van der Waals surface area (Å²) in [6, 6.07) is 4.59. The van der Waals surface area contributed by atoms with Crippen molar-refractivity contribution in [1.82, 2.24) is 5.43 Å². The van der Waals surface area contributed by atoms with Gasteiger partial charge < -0.3 is 4.74 Å². The molecule has 2 rings (SSSR count). The topological polar surface area (TPSA) is 47.3 Å². The number of hydrogen-bond acceptors (Lipinski definition) is 3. The van der Waals surface area contributed by atoms with Crippen molar-refractivity contribution in [2.24, 2.45) is 11.8 Å². The molecule has 0 aromatic heterocycles. The Labute approximate surface area is 117 Å². The Morgan fingerprint density at radius 2 is 2.06 bits per heavy atom. The van der Waals surface area contributed by atoms with Gasteiger partial charge in [0, 0.05) is 17.0 Å². The van der Waals surface area contributed by atoms with Crippen molar-refractivity contribution >= 4 is 15.9 Å². The molecule has 0 spiro atoms. The standard InChI is InChI=1S/C14H21BrN2O/c1-9-6-12(7-10(2)13(9)15)14(17-16)11-4-3-5-18-8-11/h6-7,11,14,17H,3-5,8,16H2,1-2H3. The molecule has 1 aliphatic heterocycles. The van der Waals surface area contributed by atoms with Crippen LogP contribution in [0.1, 0.15) is 35.6 Å². The van der Waals surface area contributed by atoms with Gasteiger partial charge >= 0.3 is 0 Å². The van der Waals surface area contributed by atoms with E-state index in [4.69, 9.17) is 10.6 Å². The molecule has 3 N–H and O–H groups in total. The molecule has 4 heteroatoms. The molecule has 0 saturated carbocycles. The Morgan fingerprint density at radius 3 is 2.56 bits per heavy atom. The molecule has 18 heavy (non-hydrogen) atoms. The molecule has 2 atom stereocenters. The highest BCUT2D eigenvalue weighted by atomic mass is 79.9. The second-order valence-corrected chi connectivity index (χ2v) is 5.88. The van der Waals surface area contributed by atoms with Gasteiger partial charge in [-0.15, -0.1) is 0 Å². The molecule has 1 heterocycles. The fourth-order valence-corrected chi connectivity index (χ4v) is 2.92. The average molecular weight is 313 g/mol. The predicted molar refractivity (Wildman–Crippen MR) is 77.2 cm³/mol. The van der Waals surface area contributed by atoms with Crippen molar-refractivity contribution in [2.75, 3.05) is 13.2 Å². The fourth-order valence-electron chi connectivity index (χ4n) is 2.69. The van der Waals surface area contributed by atoms with Crippen LogP contribution >= 0.6 is 15.9 Å². The van der Waals surface area contributed by atoms with Crippen LogP contribution in [0.15, 0.2) is 16.6 Å². The third kappa shape index (κ3) is 2.94. The molecule has 1 aromatic rings. The summed E-state index contributed by atoms with van der Waals surface area (Å²) in [5, 5.41) is 0. The largest absolute Gasteiger partial charge is 0.381 e. The SMILES string of the molecule is Cc1cc(C(NN)C2CCCOC2)cc(C)c1Br. The molecule has 2 unspecified atom stereocenters. The summed E-state index contributed by atoms with van der Waals surface area (Å²) in [7, 11) is 0. The lowest BCUT2D eigenvalue weighted by Crippen LogP contribution is -2.37. The quantitative estimate of drug-likeness (QED) is 0.666. The fraction of sp³-hybridized carbons (Fsp3) is 0.571. The third-order valence-electron chi connectivity index (χ3n) is 3.66. The van der Waals surface area contributed by atoms with Gasteiger partial charge in [0.15, 0.2) is 0 Å². The first-order valence-electron chi connectivity index (χ1n) is 6.44. The average Bonchev–Trinajstić information content (AvgIpc) is 2.38. The lowest BCUT2D eigenvalue weighted by molar-refractivity contribution is 0.0390. The van der Waals surface area contributed by atoms with Gasteiger partial charge in [-0.05, 0) is 43.4 Å². The Morgan fingerprint density at radius 1 is 1.39 bits per heavy atom. The number of nitrogens with two attached hydrogens (primary N) is 1. The van der Waals surface area contributed by atoms with Gasteiger partial charge in [0.1, 0.15) is 0 Å². The molecule has 100 valence electrons. The van der Waals surface area contributed by atoms with E-state index in [2.05, 4.69) is 47.3 Å². The number of ether oxygens (including phenoxy) is 1.